The number of carbonyl (C=O) groups is 1. The largest absolute Gasteiger partial charge is 0.491 e. The van der Waals surface area contributed by atoms with Gasteiger partial charge in [0, 0.05) is 12.2 Å². The third-order valence-electron chi connectivity index (χ3n) is 4.79. The van der Waals surface area contributed by atoms with Crippen LogP contribution in [0.3, 0.4) is 0 Å². The summed E-state index contributed by atoms with van der Waals surface area (Å²) in [5.41, 5.74) is 3.69. The van der Waals surface area contributed by atoms with E-state index >= 15 is 0 Å². The Morgan fingerprint density at radius 1 is 0.929 bits per heavy atom. The molecule has 0 spiro atoms. The van der Waals surface area contributed by atoms with E-state index in [-0.39, 0.29) is 18.2 Å². The van der Waals surface area contributed by atoms with Gasteiger partial charge in [-0.2, -0.15) is 0 Å². The van der Waals surface area contributed by atoms with E-state index in [1.807, 2.05) is 97.6 Å². The number of fused-ring (bicyclic) bond motifs is 1. The lowest BCUT2D eigenvalue weighted by molar-refractivity contribution is 0.0666. The van der Waals surface area contributed by atoms with E-state index in [2.05, 4.69) is 5.32 Å². The van der Waals surface area contributed by atoms with Gasteiger partial charge in [0.15, 0.2) is 0 Å². The number of hydrogen-bond acceptors (Lipinski definition) is 3. The molecule has 0 saturated carbocycles. The van der Waals surface area contributed by atoms with Crippen LogP contribution in [0.15, 0.2) is 78.9 Å². The normalized spacial score (nSPS) is 15.9. The van der Waals surface area contributed by atoms with Crippen molar-refractivity contribution in [1.82, 2.24) is 4.90 Å². The van der Waals surface area contributed by atoms with Crippen molar-refractivity contribution in [2.45, 2.75) is 32.7 Å². The second kappa shape index (κ2) is 7.77. The summed E-state index contributed by atoms with van der Waals surface area (Å²) in [6, 6.07) is 25.7. The van der Waals surface area contributed by atoms with Crippen LogP contribution in [0.4, 0.5) is 5.69 Å². The van der Waals surface area contributed by atoms with Gasteiger partial charge in [0.25, 0.3) is 5.91 Å². The van der Waals surface area contributed by atoms with Crippen molar-refractivity contribution in [2.75, 3.05) is 5.32 Å². The molecule has 1 atom stereocenters. The van der Waals surface area contributed by atoms with E-state index in [0.29, 0.717) is 12.1 Å². The van der Waals surface area contributed by atoms with Crippen LogP contribution in [-0.2, 0) is 6.54 Å². The topological polar surface area (TPSA) is 41.6 Å². The van der Waals surface area contributed by atoms with E-state index in [9.17, 15) is 4.79 Å². The maximum Gasteiger partial charge on any atom is 0.258 e. The Labute approximate surface area is 165 Å². The lowest BCUT2D eigenvalue weighted by atomic mass is 10.0. The second-order valence-electron chi connectivity index (χ2n) is 7.25. The molecule has 0 aliphatic carbocycles. The van der Waals surface area contributed by atoms with E-state index in [0.717, 1.165) is 22.6 Å². The quantitative estimate of drug-likeness (QED) is 0.666. The van der Waals surface area contributed by atoms with Crippen LogP contribution >= 0.6 is 0 Å². The van der Waals surface area contributed by atoms with Gasteiger partial charge in [-0.25, -0.2) is 0 Å². The van der Waals surface area contributed by atoms with E-state index in [1.165, 1.54) is 0 Å². The van der Waals surface area contributed by atoms with E-state index in [4.69, 9.17) is 4.74 Å². The Balaban J connectivity index is 1.69. The lowest BCUT2D eigenvalue weighted by Crippen LogP contribution is -2.42. The van der Waals surface area contributed by atoms with Crippen molar-refractivity contribution >= 4 is 11.6 Å². The van der Waals surface area contributed by atoms with Crippen molar-refractivity contribution in [3.63, 3.8) is 0 Å². The average Bonchev–Trinajstić information content (AvgIpc) is 2.71. The molecule has 1 aliphatic heterocycles. The fourth-order valence-electron chi connectivity index (χ4n) is 3.50. The summed E-state index contributed by atoms with van der Waals surface area (Å²) < 4.78 is 5.76. The third kappa shape index (κ3) is 3.72. The van der Waals surface area contributed by atoms with Crippen molar-refractivity contribution in [1.29, 1.82) is 0 Å². The molecule has 0 radical (unpaired) electrons. The molecule has 142 valence electrons. The zero-order valence-electron chi connectivity index (χ0n) is 16.1. The molecule has 0 bridgehead atoms. The first kappa shape index (κ1) is 18.1. The molecule has 28 heavy (non-hydrogen) atoms. The number of anilines is 1. The molecule has 4 heteroatoms. The molecule has 0 aromatic heterocycles. The second-order valence-corrected chi connectivity index (χ2v) is 7.25. The fraction of sp³-hybridized carbons (Fsp3) is 0.208. The Kier molecular flexibility index (Phi) is 5.02. The number of carbonyl (C=O) groups excluding carboxylic acids is 1. The van der Waals surface area contributed by atoms with Crippen LogP contribution in [-0.4, -0.2) is 16.9 Å². The van der Waals surface area contributed by atoms with Crippen molar-refractivity contribution in [3.05, 3.63) is 95.6 Å². The molecule has 0 saturated heterocycles. The molecule has 1 unspecified atom stereocenters. The molecule has 1 heterocycles. The Hall–Kier alpha value is -3.27. The summed E-state index contributed by atoms with van der Waals surface area (Å²) in [5.74, 6) is 0.863. The van der Waals surface area contributed by atoms with Gasteiger partial charge >= 0.3 is 0 Å². The smallest absolute Gasteiger partial charge is 0.258 e. The SMILES string of the molecule is CC(C)Oc1ccc(C2Nc3ccccc3C(=O)N2Cc2ccccc2)cc1. The fourth-order valence-corrected chi connectivity index (χ4v) is 3.50. The summed E-state index contributed by atoms with van der Waals surface area (Å²) in [5, 5.41) is 3.54. The minimum Gasteiger partial charge on any atom is -0.491 e. The molecular formula is C24H24N2O2. The molecular weight excluding hydrogens is 348 g/mol. The first-order chi connectivity index (χ1) is 13.6. The summed E-state index contributed by atoms with van der Waals surface area (Å²) in [6.07, 6.45) is -0.114. The van der Waals surface area contributed by atoms with Crippen LogP contribution in [0.1, 0.15) is 41.5 Å². The number of nitrogens with zero attached hydrogens (tertiary/aromatic N) is 1. The minimum absolute atomic E-state index is 0.0331. The molecule has 0 fully saturated rings. The van der Waals surface area contributed by atoms with Gasteiger partial charge in [0.05, 0.1) is 11.7 Å². The number of benzene rings is 3. The first-order valence-corrected chi connectivity index (χ1v) is 9.59. The summed E-state index contributed by atoms with van der Waals surface area (Å²) in [4.78, 5) is 15.2. The molecule has 1 aliphatic rings. The standard InChI is InChI=1S/C24H24N2O2/c1-17(2)28-20-14-12-19(13-15-20)23-25-22-11-7-6-10-21(22)24(27)26(23)16-18-8-4-3-5-9-18/h3-15,17,23,25H,16H2,1-2H3. The van der Waals surface area contributed by atoms with Crippen molar-refractivity contribution in [3.8, 4) is 5.75 Å². The molecule has 3 aromatic carbocycles. The molecule has 1 amide bonds. The Bertz CT molecular complexity index is 952. The van der Waals surface area contributed by atoms with Gasteiger partial charge in [0.1, 0.15) is 11.9 Å². The molecule has 4 nitrogen and oxygen atoms in total. The predicted octanol–water partition coefficient (Wildman–Crippen LogP) is 5.24. The average molecular weight is 372 g/mol. The molecule has 4 rings (SSSR count). The highest BCUT2D eigenvalue weighted by atomic mass is 16.5. The van der Waals surface area contributed by atoms with E-state index in [1.54, 1.807) is 0 Å². The zero-order valence-corrected chi connectivity index (χ0v) is 16.1. The molecule has 3 aromatic rings. The monoisotopic (exact) mass is 372 g/mol. The van der Waals surface area contributed by atoms with Gasteiger partial charge in [0.2, 0.25) is 0 Å². The van der Waals surface area contributed by atoms with E-state index < -0.39 is 0 Å². The van der Waals surface area contributed by atoms with Crippen LogP contribution < -0.4 is 10.1 Å². The van der Waals surface area contributed by atoms with Gasteiger partial charge < -0.3 is 15.0 Å². The number of rotatable bonds is 5. The maximum absolute atomic E-state index is 13.3. The first-order valence-electron chi connectivity index (χ1n) is 9.59. The number of nitrogens with one attached hydrogen (secondary N) is 1. The van der Waals surface area contributed by atoms with Crippen molar-refractivity contribution < 1.29 is 9.53 Å². The summed E-state index contributed by atoms with van der Waals surface area (Å²) in [7, 11) is 0. The van der Waals surface area contributed by atoms with Gasteiger partial charge in [-0.3, -0.25) is 4.79 Å². The summed E-state index contributed by atoms with van der Waals surface area (Å²) >= 11 is 0. The predicted molar refractivity (Wildman–Crippen MR) is 111 cm³/mol. The highest BCUT2D eigenvalue weighted by molar-refractivity contribution is 6.01. The Morgan fingerprint density at radius 2 is 1.61 bits per heavy atom. The minimum atomic E-state index is -0.240. The Morgan fingerprint density at radius 3 is 2.32 bits per heavy atom. The van der Waals surface area contributed by atoms with Crippen LogP contribution in [0.25, 0.3) is 0 Å². The third-order valence-corrected chi connectivity index (χ3v) is 4.79. The van der Waals surface area contributed by atoms with Crippen LogP contribution in [0, 0.1) is 0 Å². The van der Waals surface area contributed by atoms with Crippen LogP contribution in [0.5, 0.6) is 5.75 Å². The number of para-hydroxylation sites is 1. The number of ether oxygens (including phenoxy) is 1. The number of amides is 1. The van der Waals surface area contributed by atoms with Crippen molar-refractivity contribution in [2.24, 2.45) is 0 Å². The van der Waals surface area contributed by atoms with Crippen LogP contribution in [0.2, 0.25) is 0 Å². The highest BCUT2D eigenvalue weighted by Gasteiger charge is 2.32. The maximum atomic E-state index is 13.3. The van der Waals surface area contributed by atoms with Gasteiger partial charge in [-0.05, 0) is 49.2 Å². The van der Waals surface area contributed by atoms with Gasteiger partial charge in [-0.15, -0.1) is 0 Å². The zero-order chi connectivity index (χ0) is 19.5. The lowest BCUT2D eigenvalue weighted by Gasteiger charge is -2.38. The van der Waals surface area contributed by atoms with Gasteiger partial charge in [-0.1, -0.05) is 54.6 Å². The number of hydrogen-bond donors (Lipinski definition) is 1. The highest BCUT2D eigenvalue weighted by Crippen LogP contribution is 2.34. The summed E-state index contributed by atoms with van der Waals surface area (Å²) in [6.45, 7) is 4.55. The molecule has 1 N–H and O–H groups in total.